The second kappa shape index (κ2) is 7.24. The van der Waals surface area contributed by atoms with Gasteiger partial charge in [-0.25, -0.2) is 18.1 Å². The van der Waals surface area contributed by atoms with Gasteiger partial charge in [0.05, 0.1) is 10.4 Å². The smallest absolute Gasteiger partial charge is 0.242 e. The number of pyridine rings is 1. The van der Waals surface area contributed by atoms with Crippen molar-refractivity contribution in [1.82, 2.24) is 20.0 Å². The van der Waals surface area contributed by atoms with Gasteiger partial charge in [-0.1, -0.05) is 11.6 Å². The van der Waals surface area contributed by atoms with E-state index in [0.29, 0.717) is 29.0 Å². The Morgan fingerprint density at radius 2 is 2.15 bits per heavy atom. The lowest BCUT2D eigenvalue weighted by atomic mass is 10.3. The van der Waals surface area contributed by atoms with Gasteiger partial charge < -0.3 is 10.3 Å². The van der Waals surface area contributed by atoms with E-state index < -0.39 is 10.0 Å². The Labute approximate surface area is 128 Å². The van der Waals surface area contributed by atoms with E-state index in [4.69, 9.17) is 11.6 Å². The third-order valence-corrected chi connectivity index (χ3v) is 4.47. The Balaban J connectivity index is 0.00000200. The second-order valence-electron chi connectivity index (χ2n) is 4.02. The van der Waals surface area contributed by atoms with Crippen molar-refractivity contribution in [2.45, 2.75) is 11.3 Å². The number of sulfonamides is 1. The molecule has 0 spiro atoms. The van der Waals surface area contributed by atoms with Crippen LogP contribution in [0, 0.1) is 0 Å². The van der Waals surface area contributed by atoms with E-state index in [1.807, 2.05) is 7.05 Å². The van der Waals surface area contributed by atoms with Crippen LogP contribution >= 0.6 is 24.0 Å². The first-order valence-corrected chi connectivity index (χ1v) is 7.68. The maximum atomic E-state index is 12.2. The first kappa shape index (κ1) is 17.2. The van der Waals surface area contributed by atoms with Crippen molar-refractivity contribution in [2.24, 2.45) is 0 Å². The highest BCUT2D eigenvalue weighted by atomic mass is 35.5. The molecule has 2 heterocycles. The first-order valence-electron chi connectivity index (χ1n) is 5.82. The summed E-state index contributed by atoms with van der Waals surface area (Å²) < 4.78 is 26.9. The summed E-state index contributed by atoms with van der Waals surface area (Å²) in [6.45, 7) is 1.12. The van der Waals surface area contributed by atoms with Crippen molar-refractivity contribution in [3.63, 3.8) is 0 Å². The molecule has 0 aliphatic heterocycles. The molecule has 2 aromatic rings. The van der Waals surface area contributed by atoms with E-state index in [9.17, 15) is 8.42 Å². The molecule has 0 aliphatic rings. The number of rotatable bonds is 6. The molecule has 0 aliphatic carbocycles. The summed E-state index contributed by atoms with van der Waals surface area (Å²) in [4.78, 5) is 6.98. The molecular formula is C11H16Cl2N4O2S. The summed E-state index contributed by atoms with van der Waals surface area (Å²) in [5.74, 6) is 0. The van der Waals surface area contributed by atoms with Gasteiger partial charge in [0.1, 0.15) is 10.5 Å². The zero-order valence-corrected chi connectivity index (χ0v) is 13.2. The molecule has 2 rings (SSSR count). The van der Waals surface area contributed by atoms with Crippen LogP contribution in [0.25, 0.3) is 11.0 Å². The van der Waals surface area contributed by atoms with Crippen LogP contribution in [0.3, 0.4) is 0 Å². The molecule has 20 heavy (non-hydrogen) atoms. The van der Waals surface area contributed by atoms with Crippen molar-refractivity contribution >= 4 is 45.1 Å². The Morgan fingerprint density at radius 3 is 2.85 bits per heavy atom. The van der Waals surface area contributed by atoms with E-state index in [0.717, 1.165) is 6.54 Å². The minimum atomic E-state index is -3.58. The third kappa shape index (κ3) is 3.62. The summed E-state index contributed by atoms with van der Waals surface area (Å²) in [5, 5.41) is 3.74. The Morgan fingerprint density at radius 1 is 1.40 bits per heavy atom. The minimum absolute atomic E-state index is 0. The minimum Gasteiger partial charge on any atom is -0.345 e. The zero-order valence-electron chi connectivity index (χ0n) is 10.8. The number of nitrogens with one attached hydrogen (secondary N) is 3. The maximum Gasteiger partial charge on any atom is 0.242 e. The van der Waals surface area contributed by atoms with E-state index in [-0.39, 0.29) is 17.3 Å². The van der Waals surface area contributed by atoms with Gasteiger partial charge in [0.2, 0.25) is 10.0 Å². The van der Waals surface area contributed by atoms with E-state index in [1.165, 1.54) is 12.4 Å². The summed E-state index contributed by atoms with van der Waals surface area (Å²) in [7, 11) is -1.76. The molecule has 0 radical (unpaired) electrons. The summed E-state index contributed by atoms with van der Waals surface area (Å²) in [6.07, 6.45) is 3.64. The van der Waals surface area contributed by atoms with Gasteiger partial charge in [0, 0.05) is 18.9 Å². The SMILES string of the molecule is CNCCCNS(=O)(=O)c1c[nH]c2nccc(Cl)c12.Cl. The normalized spacial score (nSPS) is 11.5. The van der Waals surface area contributed by atoms with Crippen LogP contribution in [0.1, 0.15) is 6.42 Å². The topological polar surface area (TPSA) is 86.9 Å². The van der Waals surface area contributed by atoms with Gasteiger partial charge in [-0.2, -0.15) is 0 Å². The van der Waals surface area contributed by atoms with Crippen molar-refractivity contribution in [2.75, 3.05) is 20.1 Å². The lowest BCUT2D eigenvalue weighted by Crippen LogP contribution is -2.26. The third-order valence-electron chi connectivity index (χ3n) is 2.67. The molecule has 0 bridgehead atoms. The second-order valence-corrected chi connectivity index (χ2v) is 6.17. The van der Waals surface area contributed by atoms with Crippen molar-refractivity contribution < 1.29 is 8.42 Å². The predicted molar refractivity (Wildman–Crippen MR) is 82.1 cm³/mol. The summed E-state index contributed by atoms with van der Waals surface area (Å²) in [5.41, 5.74) is 0.461. The van der Waals surface area contributed by atoms with Gasteiger partial charge in [0.25, 0.3) is 0 Å². The van der Waals surface area contributed by atoms with E-state index in [2.05, 4.69) is 20.0 Å². The quantitative estimate of drug-likeness (QED) is 0.697. The van der Waals surface area contributed by atoms with Gasteiger partial charge >= 0.3 is 0 Å². The fourth-order valence-corrected chi connectivity index (χ4v) is 3.31. The fraction of sp³-hybridized carbons (Fsp3) is 0.364. The highest BCUT2D eigenvalue weighted by Gasteiger charge is 2.20. The summed E-state index contributed by atoms with van der Waals surface area (Å²) >= 11 is 6.03. The monoisotopic (exact) mass is 338 g/mol. The highest BCUT2D eigenvalue weighted by molar-refractivity contribution is 7.89. The average molecular weight is 339 g/mol. The fourth-order valence-electron chi connectivity index (χ4n) is 1.75. The van der Waals surface area contributed by atoms with Gasteiger partial charge in [-0.15, -0.1) is 12.4 Å². The lowest BCUT2D eigenvalue weighted by molar-refractivity contribution is 0.578. The highest BCUT2D eigenvalue weighted by Crippen LogP contribution is 2.27. The molecule has 0 saturated carbocycles. The number of nitrogens with zero attached hydrogens (tertiary/aromatic N) is 1. The van der Waals surface area contributed by atoms with Gasteiger partial charge in [-0.3, -0.25) is 0 Å². The molecule has 0 unspecified atom stereocenters. The molecule has 6 nitrogen and oxygen atoms in total. The first-order chi connectivity index (χ1) is 9.06. The molecule has 9 heteroatoms. The van der Waals surface area contributed by atoms with Crippen LogP contribution in [0.15, 0.2) is 23.4 Å². The summed E-state index contributed by atoms with van der Waals surface area (Å²) in [6, 6.07) is 1.57. The van der Waals surface area contributed by atoms with Crippen LogP contribution in [-0.2, 0) is 10.0 Å². The van der Waals surface area contributed by atoms with Crippen molar-refractivity contribution in [3.05, 3.63) is 23.5 Å². The van der Waals surface area contributed by atoms with E-state index in [1.54, 1.807) is 6.07 Å². The molecule has 0 aromatic carbocycles. The Bertz CT molecular complexity index is 672. The zero-order chi connectivity index (χ0) is 13.9. The predicted octanol–water partition coefficient (Wildman–Crippen LogP) is 1.53. The number of halogens is 2. The Kier molecular flexibility index (Phi) is 6.22. The average Bonchev–Trinajstić information content (AvgIpc) is 2.81. The molecular weight excluding hydrogens is 323 g/mol. The van der Waals surface area contributed by atoms with Crippen molar-refractivity contribution in [1.29, 1.82) is 0 Å². The van der Waals surface area contributed by atoms with Crippen LogP contribution in [0.5, 0.6) is 0 Å². The number of hydrogen-bond donors (Lipinski definition) is 3. The van der Waals surface area contributed by atoms with Crippen LogP contribution < -0.4 is 10.0 Å². The van der Waals surface area contributed by atoms with E-state index >= 15 is 0 Å². The number of H-pyrrole nitrogens is 1. The molecule has 0 atom stereocenters. The number of hydrogen-bond acceptors (Lipinski definition) is 4. The van der Waals surface area contributed by atoms with Gasteiger partial charge in [-0.05, 0) is 26.1 Å². The molecule has 3 N–H and O–H groups in total. The Hall–Kier alpha value is -0.860. The van der Waals surface area contributed by atoms with Crippen molar-refractivity contribution in [3.8, 4) is 0 Å². The molecule has 0 amide bonds. The molecule has 0 saturated heterocycles. The standard InChI is InChI=1S/C11H15ClN4O2S.ClH/c1-13-4-2-5-16-19(17,18)9-7-15-11-10(9)8(12)3-6-14-11;/h3,6-7,13,16H,2,4-5H2,1H3,(H,14,15);1H. The molecule has 2 aromatic heterocycles. The van der Waals surface area contributed by atoms with Gasteiger partial charge in [0.15, 0.2) is 0 Å². The number of fused-ring (bicyclic) bond motifs is 1. The molecule has 112 valence electrons. The van der Waals surface area contributed by atoms with Crippen LogP contribution in [0.4, 0.5) is 0 Å². The molecule has 0 fully saturated rings. The van der Waals surface area contributed by atoms with Crippen LogP contribution in [-0.4, -0.2) is 38.5 Å². The number of aromatic nitrogens is 2. The maximum absolute atomic E-state index is 12.2. The largest absolute Gasteiger partial charge is 0.345 e. The lowest BCUT2D eigenvalue weighted by Gasteiger charge is -2.05. The number of aromatic amines is 1. The van der Waals surface area contributed by atoms with Crippen LogP contribution in [0.2, 0.25) is 5.02 Å².